The van der Waals surface area contributed by atoms with Crippen LogP contribution in [0.2, 0.25) is 0 Å². The second kappa shape index (κ2) is 6.22. The van der Waals surface area contributed by atoms with E-state index in [2.05, 4.69) is 0 Å². The van der Waals surface area contributed by atoms with E-state index in [1.54, 1.807) is 18.2 Å². The topological polar surface area (TPSA) is 61.1 Å². The number of thioether (sulfide) groups is 1. The Hall–Kier alpha value is -2.32. The molecule has 0 radical (unpaired) electrons. The van der Waals surface area contributed by atoms with Gasteiger partial charge in [-0.05, 0) is 42.0 Å². The first-order valence-corrected chi connectivity index (χ1v) is 6.73. The van der Waals surface area contributed by atoms with Crippen molar-refractivity contribution in [3.05, 3.63) is 65.0 Å². The van der Waals surface area contributed by atoms with Crippen LogP contribution in [0, 0.1) is 17.1 Å². The Bertz CT molecular complexity index is 677. The summed E-state index contributed by atoms with van der Waals surface area (Å²) < 4.78 is 13.0. The highest BCUT2D eigenvalue weighted by Crippen LogP contribution is 2.25. The first kappa shape index (κ1) is 14.1. The molecule has 20 heavy (non-hydrogen) atoms. The van der Waals surface area contributed by atoms with E-state index in [0.717, 1.165) is 10.5 Å². The lowest BCUT2D eigenvalue weighted by Crippen LogP contribution is -1.95. The summed E-state index contributed by atoms with van der Waals surface area (Å²) in [6.07, 6.45) is 0. The molecule has 0 fully saturated rings. The molecular formula is C15H10FNO2S. The molecule has 3 nitrogen and oxygen atoms in total. The number of carbonyl (C=O) groups is 1. The Balaban J connectivity index is 2.09. The number of halogens is 1. The Morgan fingerprint density at radius 3 is 2.55 bits per heavy atom. The minimum atomic E-state index is -0.966. The first-order valence-electron chi connectivity index (χ1n) is 5.75. The number of nitrogens with zero attached hydrogens (tertiary/aromatic N) is 1. The normalized spacial score (nSPS) is 10.0. The second-order valence-corrected chi connectivity index (χ2v) is 5.08. The van der Waals surface area contributed by atoms with E-state index in [0.29, 0.717) is 11.3 Å². The van der Waals surface area contributed by atoms with Crippen molar-refractivity contribution in [1.82, 2.24) is 0 Å². The lowest BCUT2D eigenvalue weighted by atomic mass is 10.1. The van der Waals surface area contributed by atoms with Gasteiger partial charge in [-0.15, -0.1) is 11.8 Å². The van der Waals surface area contributed by atoms with Crippen LogP contribution in [0.15, 0.2) is 47.4 Å². The third-order valence-electron chi connectivity index (χ3n) is 2.69. The molecule has 0 aliphatic carbocycles. The van der Waals surface area contributed by atoms with E-state index in [4.69, 9.17) is 10.4 Å². The lowest BCUT2D eigenvalue weighted by Gasteiger charge is -2.05. The summed E-state index contributed by atoms with van der Waals surface area (Å²) in [4.78, 5) is 11.6. The fourth-order valence-corrected chi connectivity index (χ4v) is 2.54. The molecule has 0 saturated heterocycles. The van der Waals surface area contributed by atoms with Gasteiger partial charge in [-0.3, -0.25) is 0 Å². The maximum Gasteiger partial charge on any atom is 0.335 e. The molecule has 0 bridgehead atoms. The molecule has 0 atom stereocenters. The van der Waals surface area contributed by atoms with Crippen LogP contribution in [0.1, 0.15) is 21.5 Å². The van der Waals surface area contributed by atoms with Crippen LogP contribution in [0.25, 0.3) is 0 Å². The van der Waals surface area contributed by atoms with Gasteiger partial charge in [0, 0.05) is 10.6 Å². The number of nitriles is 1. The molecular weight excluding hydrogens is 277 g/mol. The summed E-state index contributed by atoms with van der Waals surface area (Å²) in [5.74, 6) is -0.872. The highest BCUT2D eigenvalue weighted by Gasteiger charge is 2.06. The molecule has 0 aromatic heterocycles. The van der Waals surface area contributed by atoms with Gasteiger partial charge in [0.05, 0.1) is 17.2 Å². The number of rotatable bonds is 4. The van der Waals surface area contributed by atoms with Crippen LogP contribution in [0.5, 0.6) is 0 Å². The molecule has 0 amide bonds. The lowest BCUT2D eigenvalue weighted by molar-refractivity contribution is 0.0697. The van der Waals surface area contributed by atoms with E-state index in [1.165, 1.54) is 36.0 Å². The third-order valence-corrected chi connectivity index (χ3v) is 3.75. The summed E-state index contributed by atoms with van der Waals surface area (Å²) in [5.41, 5.74) is 1.30. The van der Waals surface area contributed by atoms with E-state index in [1.807, 2.05) is 6.07 Å². The minimum absolute atomic E-state index is 0.230. The molecule has 0 spiro atoms. The standard InChI is InChI=1S/C15H10FNO2S/c16-13-4-1-11(12(7-13)8-17)9-20-14-5-2-10(3-6-14)15(18)19/h1-7H,9H2,(H,18,19). The monoisotopic (exact) mass is 287 g/mol. The van der Waals surface area contributed by atoms with Crippen LogP contribution in [-0.4, -0.2) is 11.1 Å². The average molecular weight is 287 g/mol. The quantitative estimate of drug-likeness (QED) is 0.871. The Labute approximate surface area is 119 Å². The van der Waals surface area contributed by atoms with Crippen molar-refractivity contribution >= 4 is 17.7 Å². The summed E-state index contributed by atoms with van der Waals surface area (Å²) in [5, 5.41) is 17.7. The third kappa shape index (κ3) is 3.37. The van der Waals surface area contributed by atoms with Gasteiger partial charge in [0.15, 0.2) is 0 Å². The van der Waals surface area contributed by atoms with Crippen molar-refractivity contribution in [2.24, 2.45) is 0 Å². The fourth-order valence-electron chi connectivity index (χ4n) is 1.63. The molecule has 0 heterocycles. The van der Waals surface area contributed by atoms with E-state index < -0.39 is 11.8 Å². The Morgan fingerprint density at radius 2 is 1.95 bits per heavy atom. The van der Waals surface area contributed by atoms with E-state index in [-0.39, 0.29) is 5.56 Å². The molecule has 1 N–H and O–H groups in total. The largest absolute Gasteiger partial charge is 0.478 e. The van der Waals surface area contributed by atoms with Crippen molar-refractivity contribution in [2.45, 2.75) is 10.6 Å². The molecule has 0 aliphatic rings. The number of carboxylic acids is 1. The maximum absolute atomic E-state index is 13.0. The first-order chi connectivity index (χ1) is 9.60. The summed E-state index contributed by atoms with van der Waals surface area (Å²) >= 11 is 1.46. The SMILES string of the molecule is N#Cc1cc(F)ccc1CSc1ccc(C(=O)O)cc1. The predicted octanol–water partition coefficient (Wildman–Crippen LogP) is 3.69. The van der Waals surface area contributed by atoms with Gasteiger partial charge < -0.3 is 5.11 Å². The molecule has 2 rings (SSSR count). The van der Waals surface area contributed by atoms with Crippen LogP contribution in [-0.2, 0) is 5.75 Å². The molecule has 5 heteroatoms. The number of benzene rings is 2. The molecule has 0 saturated carbocycles. The van der Waals surface area contributed by atoms with E-state index >= 15 is 0 Å². The van der Waals surface area contributed by atoms with Gasteiger partial charge in [-0.2, -0.15) is 5.26 Å². The van der Waals surface area contributed by atoms with Crippen LogP contribution in [0.3, 0.4) is 0 Å². The molecule has 2 aromatic carbocycles. The molecule has 2 aromatic rings. The highest BCUT2D eigenvalue weighted by atomic mass is 32.2. The van der Waals surface area contributed by atoms with Gasteiger partial charge >= 0.3 is 5.97 Å². The average Bonchev–Trinajstić information content (AvgIpc) is 2.46. The van der Waals surface area contributed by atoms with Gasteiger partial charge in [0.2, 0.25) is 0 Å². The van der Waals surface area contributed by atoms with Gasteiger partial charge in [0.25, 0.3) is 0 Å². The minimum Gasteiger partial charge on any atom is -0.478 e. The fraction of sp³-hybridized carbons (Fsp3) is 0.0667. The van der Waals surface area contributed by atoms with Crippen LogP contribution < -0.4 is 0 Å². The van der Waals surface area contributed by atoms with Crippen molar-refractivity contribution in [1.29, 1.82) is 5.26 Å². The molecule has 100 valence electrons. The zero-order valence-electron chi connectivity index (χ0n) is 10.3. The number of hydrogen-bond donors (Lipinski definition) is 1. The zero-order chi connectivity index (χ0) is 14.5. The Kier molecular flexibility index (Phi) is 4.38. The number of hydrogen-bond acceptors (Lipinski definition) is 3. The Morgan fingerprint density at radius 1 is 1.25 bits per heavy atom. The van der Waals surface area contributed by atoms with Crippen molar-refractivity contribution in [3.8, 4) is 6.07 Å². The maximum atomic E-state index is 13.0. The van der Waals surface area contributed by atoms with Crippen molar-refractivity contribution in [3.63, 3.8) is 0 Å². The van der Waals surface area contributed by atoms with Crippen molar-refractivity contribution < 1.29 is 14.3 Å². The predicted molar refractivity (Wildman–Crippen MR) is 74.1 cm³/mol. The van der Waals surface area contributed by atoms with Gasteiger partial charge in [-0.1, -0.05) is 6.07 Å². The smallest absolute Gasteiger partial charge is 0.335 e. The van der Waals surface area contributed by atoms with Crippen molar-refractivity contribution in [2.75, 3.05) is 0 Å². The van der Waals surface area contributed by atoms with Gasteiger partial charge in [0.1, 0.15) is 5.82 Å². The van der Waals surface area contributed by atoms with Crippen LogP contribution >= 0.6 is 11.8 Å². The second-order valence-electron chi connectivity index (χ2n) is 4.03. The molecule has 0 unspecified atom stereocenters. The molecule has 0 aliphatic heterocycles. The number of aromatic carboxylic acids is 1. The number of carboxylic acid groups (broad SMARTS) is 1. The van der Waals surface area contributed by atoms with Crippen LogP contribution in [0.4, 0.5) is 4.39 Å². The zero-order valence-corrected chi connectivity index (χ0v) is 11.2. The highest BCUT2D eigenvalue weighted by molar-refractivity contribution is 7.98. The van der Waals surface area contributed by atoms with E-state index in [9.17, 15) is 9.18 Å². The van der Waals surface area contributed by atoms with Gasteiger partial charge in [-0.25, -0.2) is 9.18 Å². The summed E-state index contributed by atoms with van der Waals surface area (Å²) in [6, 6.07) is 12.6. The summed E-state index contributed by atoms with van der Waals surface area (Å²) in [7, 11) is 0. The summed E-state index contributed by atoms with van der Waals surface area (Å²) in [6.45, 7) is 0.